The third kappa shape index (κ3) is 5.07. The minimum atomic E-state index is 0.286. The van der Waals surface area contributed by atoms with E-state index in [1.807, 2.05) is 0 Å². The molecule has 0 saturated heterocycles. The fourth-order valence-corrected chi connectivity index (χ4v) is 1.96. The number of aliphatic hydroxyl groups is 1. The highest BCUT2D eigenvalue weighted by Crippen LogP contribution is 2.20. The van der Waals surface area contributed by atoms with Gasteiger partial charge in [0, 0.05) is 6.61 Å². The molecule has 0 fully saturated rings. The number of aryl methyl sites for hydroxylation is 1. The normalized spacial score (nSPS) is 10.6. The van der Waals surface area contributed by atoms with Crippen molar-refractivity contribution in [3.63, 3.8) is 0 Å². The van der Waals surface area contributed by atoms with E-state index in [-0.39, 0.29) is 6.61 Å². The Kier molecular flexibility index (Phi) is 7.46. The summed E-state index contributed by atoms with van der Waals surface area (Å²) in [5.74, 6) is 0.976. The van der Waals surface area contributed by atoms with Gasteiger partial charge in [0.1, 0.15) is 5.75 Å². The quantitative estimate of drug-likeness (QED) is 0.661. The molecule has 0 aromatic heterocycles. The number of ether oxygens (including phenoxy) is 1. The Morgan fingerprint density at radius 3 is 2.72 bits per heavy atom. The van der Waals surface area contributed by atoms with E-state index in [0.29, 0.717) is 0 Å². The van der Waals surface area contributed by atoms with Gasteiger partial charge in [-0.2, -0.15) is 0 Å². The number of benzene rings is 1. The third-order valence-corrected chi connectivity index (χ3v) is 3.09. The van der Waals surface area contributed by atoms with Crippen molar-refractivity contribution in [1.82, 2.24) is 5.32 Å². The maximum Gasteiger partial charge on any atom is 0.122 e. The van der Waals surface area contributed by atoms with E-state index in [1.165, 1.54) is 11.1 Å². The SMILES string of the molecule is CCc1ccc(OC)c(CCNCCCCO)c1. The summed E-state index contributed by atoms with van der Waals surface area (Å²) in [6, 6.07) is 6.41. The Hall–Kier alpha value is -1.06. The van der Waals surface area contributed by atoms with Gasteiger partial charge in [-0.1, -0.05) is 19.1 Å². The lowest BCUT2D eigenvalue weighted by Crippen LogP contribution is -2.19. The van der Waals surface area contributed by atoms with Crippen LogP contribution in [-0.4, -0.2) is 31.9 Å². The van der Waals surface area contributed by atoms with Crippen LogP contribution < -0.4 is 10.1 Å². The molecular weight excluding hydrogens is 226 g/mol. The molecule has 0 amide bonds. The predicted octanol–water partition coefficient (Wildman–Crippen LogP) is 2.16. The van der Waals surface area contributed by atoms with Crippen LogP contribution in [0.3, 0.4) is 0 Å². The number of hydrogen-bond acceptors (Lipinski definition) is 3. The fraction of sp³-hybridized carbons (Fsp3) is 0.600. The van der Waals surface area contributed by atoms with Crippen molar-refractivity contribution >= 4 is 0 Å². The second-order valence-electron chi connectivity index (χ2n) is 4.43. The standard InChI is InChI=1S/C15H25NO2/c1-3-13-6-7-15(18-2)14(12-13)8-10-16-9-4-5-11-17/h6-7,12,16-17H,3-5,8-11H2,1-2H3. The lowest BCUT2D eigenvalue weighted by Gasteiger charge is -2.11. The molecule has 0 aliphatic rings. The van der Waals surface area contributed by atoms with Crippen LogP contribution in [0.4, 0.5) is 0 Å². The Bertz CT molecular complexity index is 339. The van der Waals surface area contributed by atoms with E-state index in [1.54, 1.807) is 7.11 Å². The van der Waals surface area contributed by atoms with Gasteiger partial charge in [-0.05, 0) is 56.0 Å². The van der Waals surface area contributed by atoms with Crippen LogP contribution in [-0.2, 0) is 12.8 Å². The molecule has 18 heavy (non-hydrogen) atoms. The minimum Gasteiger partial charge on any atom is -0.496 e. The molecule has 0 aliphatic carbocycles. The fourth-order valence-electron chi connectivity index (χ4n) is 1.96. The van der Waals surface area contributed by atoms with Crippen LogP contribution in [0.5, 0.6) is 5.75 Å². The molecule has 102 valence electrons. The lowest BCUT2D eigenvalue weighted by molar-refractivity contribution is 0.284. The minimum absolute atomic E-state index is 0.286. The molecule has 0 heterocycles. The lowest BCUT2D eigenvalue weighted by atomic mass is 10.1. The van der Waals surface area contributed by atoms with Gasteiger partial charge in [0.05, 0.1) is 7.11 Å². The molecule has 0 saturated carbocycles. The zero-order valence-electron chi connectivity index (χ0n) is 11.5. The number of aliphatic hydroxyl groups excluding tert-OH is 1. The molecule has 3 nitrogen and oxygen atoms in total. The van der Waals surface area contributed by atoms with Crippen LogP contribution in [0.15, 0.2) is 18.2 Å². The number of nitrogens with one attached hydrogen (secondary N) is 1. The molecular formula is C15H25NO2. The van der Waals surface area contributed by atoms with E-state index in [9.17, 15) is 0 Å². The highest BCUT2D eigenvalue weighted by molar-refractivity contribution is 5.37. The number of rotatable bonds is 9. The Balaban J connectivity index is 2.39. The van der Waals surface area contributed by atoms with Crippen LogP contribution in [0.2, 0.25) is 0 Å². The second kappa shape index (κ2) is 8.95. The van der Waals surface area contributed by atoms with Crippen molar-refractivity contribution in [2.24, 2.45) is 0 Å². The number of hydrogen-bond donors (Lipinski definition) is 2. The zero-order valence-corrected chi connectivity index (χ0v) is 11.5. The van der Waals surface area contributed by atoms with Gasteiger partial charge in [-0.25, -0.2) is 0 Å². The summed E-state index contributed by atoms with van der Waals surface area (Å²) in [4.78, 5) is 0. The second-order valence-corrected chi connectivity index (χ2v) is 4.43. The van der Waals surface area contributed by atoms with Gasteiger partial charge in [0.15, 0.2) is 0 Å². The van der Waals surface area contributed by atoms with E-state index < -0.39 is 0 Å². The van der Waals surface area contributed by atoms with Crippen molar-refractivity contribution < 1.29 is 9.84 Å². The van der Waals surface area contributed by atoms with Crippen LogP contribution in [0, 0.1) is 0 Å². The smallest absolute Gasteiger partial charge is 0.122 e. The third-order valence-electron chi connectivity index (χ3n) is 3.09. The first-order valence-electron chi connectivity index (χ1n) is 6.79. The average molecular weight is 251 g/mol. The van der Waals surface area contributed by atoms with Gasteiger partial charge in [-0.15, -0.1) is 0 Å². The summed E-state index contributed by atoms with van der Waals surface area (Å²) < 4.78 is 5.38. The topological polar surface area (TPSA) is 41.5 Å². The summed E-state index contributed by atoms with van der Waals surface area (Å²) in [5, 5.41) is 12.1. The van der Waals surface area contributed by atoms with Crippen LogP contribution >= 0.6 is 0 Å². The largest absolute Gasteiger partial charge is 0.496 e. The van der Waals surface area contributed by atoms with E-state index >= 15 is 0 Å². The first-order chi connectivity index (χ1) is 8.81. The van der Waals surface area contributed by atoms with E-state index in [4.69, 9.17) is 9.84 Å². The van der Waals surface area contributed by atoms with Gasteiger partial charge in [-0.3, -0.25) is 0 Å². The molecule has 3 heteroatoms. The Morgan fingerprint density at radius 1 is 1.22 bits per heavy atom. The maximum atomic E-state index is 8.68. The molecule has 0 unspecified atom stereocenters. The average Bonchev–Trinajstić information content (AvgIpc) is 2.42. The molecule has 0 atom stereocenters. The Morgan fingerprint density at radius 2 is 2.06 bits per heavy atom. The predicted molar refractivity (Wildman–Crippen MR) is 75.3 cm³/mol. The molecule has 0 spiro atoms. The van der Waals surface area contributed by atoms with Crippen LogP contribution in [0.1, 0.15) is 30.9 Å². The van der Waals surface area contributed by atoms with Crippen molar-refractivity contribution in [2.75, 3.05) is 26.8 Å². The van der Waals surface area contributed by atoms with Gasteiger partial charge in [0.25, 0.3) is 0 Å². The highest BCUT2D eigenvalue weighted by atomic mass is 16.5. The van der Waals surface area contributed by atoms with Gasteiger partial charge >= 0.3 is 0 Å². The molecule has 1 aromatic carbocycles. The summed E-state index contributed by atoms with van der Waals surface area (Å²) >= 11 is 0. The molecule has 0 aliphatic heterocycles. The molecule has 0 bridgehead atoms. The van der Waals surface area contributed by atoms with E-state index in [0.717, 1.165) is 44.5 Å². The first kappa shape index (κ1) is 15.0. The van der Waals surface area contributed by atoms with Crippen LogP contribution in [0.25, 0.3) is 0 Å². The van der Waals surface area contributed by atoms with Crippen molar-refractivity contribution in [1.29, 1.82) is 0 Å². The number of methoxy groups -OCH3 is 1. The maximum absolute atomic E-state index is 8.68. The van der Waals surface area contributed by atoms with Crippen molar-refractivity contribution in [3.8, 4) is 5.75 Å². The summed E-state index contributed by atoms with van der Waals surface area (Å²) in [7, 11) is 1.72. The Labute approximate surface area is 110 Å². The van der Waals surface area contributed by atoms with Gasteiger partial charge < -0.3 is 15.2 Å². The molecule has 0 radical (unpaired) electrons. The van der Waals surface area contributed by atoms with Gasteiger partial charge in [0.2, 0.25) is 0 Å². The summed E-state index contributed by atoms with van der Waals surface area (Å²) in [5.41, 5.74) is 2.62. The zero-order chi connectivity index (χ0) is 13.2. The summed E-state index contributed by atoms with van der Waals surface area (Å²) in [6.07, 6.45) is 3.95. The van der Waals surface area contributed by atoms with Crippen molar-refractivity contribution in [3.05, 3.63) is 29.3 Å². The molecule has 2 N–H and O–H groups in total. The number of unbranched alkanes of at least 4 members (excludes halogenated alkanes) is 1. The summed E-state index contributed by atoms with van der Waals surface area (Å²) in [6.45, 7) is 4.37. The molecule has 1 aromatic rings. The van der Waals surface area contributed by atoms with E-state index in [2.05, 4.69) is 30.4 Å². The highest BCUT2D eigenvalue weighted by Gasteiger charge is 2.03. The first-order valence-corrected chi connectivity index (χ1v) is 6.79. The van der Waals surface area contributed by atoms with Crippen molar-refractivity contribution in [2.45, 2.75) is 32.6 Å². The monoisotopic (exact) mass is 251 g/mol. The molecule has 1 rings (SSSR count).